The molecule has 0 aliphatic rings. The number of halogens is 1. The van der Waals surface area contributed by atoms with Crippen LogP contribution >= 0.6 is 34.7 Å². The molecule has 0 aliphatic carbocycles. The van der Waals surface area contributed by atoms with Gasteiger partial charge in [-0.1, -0.05) is 48.5 Å². The van der Waals surface area contributed by atoms with Gasteiger partial charge < -0.3 is 10.2 Å². The van der Waals surface area contributed by atoms with E-state index in [-0.39, 0.29) is 0 Å². The minimum Gasteiger partial charge on any atom is -0.353 e. The third kappa shape index (κ3) is 4.85. The summed E-state index contributed by atoms with van der Waals surface area (Å²) >= 11 is 9.33. The summed E-state index contributed by atoms with van der Waals surface area (Å²) in [6, 6.07) is 6.40. The molecule has 1 aromatic carbocycles. The summed E-state index contributed by atoms with van der Waals surface area (Å²) in [6.07, 6.45) is 0. The van der Waals surface area contributed by atoms with Crippen molar-refractivity contribution >= 4 is 39.8 Å². The summed E-state index contributed by atoms with van der Waals surface area (Å²) in [7, 11) is 3.93. The molecule has 114 valence electrons. The Kier molecular flexibility index (Phi) is 5.87. The maximum Gasteiger partial charge on any atom is 0.208 e. The number of anilines is 1. The summed E-state index contributed by atoms with van der Waals surface area (Å²) < 4.78 is 0.937. The van der Waals surface area contributed by atoms with E-state index in [1.165, 1.54) is 5.56 Å². The van der Waals surface area contributed by atoms with Gasteiger partial charge in [-0.05, 0) is 23.8 Å². The highest BCUT2D eigenvalue weighted by Gasteiger charge is 2.11. The summed E-state index contributed by atoms with van der Waals surface area (Å²) in [5.74, 6) is 0. The van der Waals surface area contributed by atoms with E-state index in [1.54, 1.807) is 23.1 Å². The van der Waals surface area contributed by atoms with Crippen LogP contribution in [0.4, 0.5) is 5.13 Å². The third-order valence-corrected chi connectivity index (χ3v) is 5.19. The van der Waals surface area contributed by atoms with Crippen molar-refractivity contribution in [3.63, 3.8) is 0 Å². The van der Waals surface area contributed by atoms with Crippen LogP contribution in [0.25, 0.3) is 0 Å². The second kappa shape index (κ2) is 7.45. The highest BCUT2D eigenvalue weighted by atomic mass is 35.5. The van der Waals surface area contributed by atoms with Crippen LogP contribution in [0.15, 0.2) is 27.4 Å². The zero-order chi connectivity index (χ0) is 15.4. The van der Waals surface area contributed by atoms with Gasteiger partial charge in [0.25, 0.3) is 0 Å². The van der Waals surface area contributed by atoms with Crippen molar-refractivity contribution in [3.05, 3.63) is 28.8 Å². The van der Waals surface area contributed by atoms with Gasteiger partial charge in [0.2, 0.25) is 5.13 Å². The lowest BCUT2D eigenvalue weighted by molar-refractivity contribution is 0.585. The van der Waals surface area contributed by atoms with Crippen LogP contribution < -0.4 is 10.2 Å². The molecule has 1 aromatic heterocycles. The fourth-order valence-electron chi connectivity index (χ4n) is 1.62. The van der Waals surface area contributed by atoms with Crippen LogP contribution in [0, 0.1) is 0 Å². The minimum atomic E-state index is 0.434. The van der Waals surface area contributed by atoms with Gasteiger partial charge in [0.1, 0.15) is 0 Å². The number of aromatic nitrogens is 2. The molecule has 0 unspecified atom stereocenters. The van der Waals surface area contributed by atoms with E-state index in [2.05, 4.69) is 29.4 Å². The van der Waals surface area contributed by atoms with Gasteiger partial charge in [0.15, 0.2) is 4.34 Å². The van der Waals surface area contributed by atoms with Crippen LogP contribution in [-0.2, 0) is 6.54 Å². The van der Waals surface area contributed by atoms with E-state index < -0.39 is 0 Å². The van der Waals surface area contributed by atoms with Crippen molar-refractivity contribution in [2.75, 3.05) is 19.0 Å². The van der Waals surface area contributed by atoms with E-state index in [1.807, 2.05) is 37.2 Å². The number of hydrogen-bond acceptors (Lipinski definition) is 6. The molecule has 0 saturated carbocycles. The number of nitrogens with one attached hydrogen (secondary N) is 1. The molecule has 0 atom stereocenters. The molecule has 0 aliphatic heterocycles. The summed E-state index contributed by atoms with van der Waals surface area (Å²) in [5, 5.41) is 13.5. The molecule has 4 nitrogen and oxygen atoms in total. The Labute approximate surface area is 138 Å². The zero-order valence-corrected chi connectivity index (χ0v) is 14.9. The summed E-state index contributed by atoms with van der Waals surface area (Å²) in [5.41, 5.74) is 1.18. The van der Waals surface area contributed by atoms with Crippen LogP contribution in [-0.4, -0.2) is 30.3 Å². The van der Waals surface area contributed by atoms with Crippen molar-refractivity contribution in [2.24, 2.45) is 0 Å². The van der Waals surface area contributed by atoms with Gasteiger partial charge in [-0.2, -0.15) is 0 Å². The van der Waals surface area contributed by atoms with Crippen molar-refractivity contribution in [2.45, 2.75) is 35.7 Å². The van der Waals surface area contributed by atoms with E-state index in [9.17, 15) is 0 Å². The molecule has 21 heavy (non-hydrogen) atoms. The van der Waals surface area contributed by atoms with Crippen molar-refractivity contribution in [3.8, 4) is 0 Å². The Morgan fingerprint density at radius 3 is 2.71 bits per heavy atom. The second-order valence-corrected chi connectivity index (χ2v) is 7.82. The normalized spacial score (nSPS) is 11.1. The van der Waals surface area contributed by atoms with Crippen LogP contribution in [0.2, 0.25) is 5.02 Å². The molecule has 0 spiro atoms. The maximum absolute atomic E-state index is 6.11. The fourth-order valence-corrected chi connectivity index (χ4v) is 3.64. The molecule has 0 amide bonds. The van der Waals surface area contributed by atoms with E-state index in [0.29, 0.717) is 6.04 Å². The molecule has 0 saturated heterocycles. The molecule has 1 N–H and O–H groups in total. The molecular formula is C14H19ClN4S2. The van der Waals surface area contributed by atoms with Gasteiger partial charge in [0.05, 0.1) is 0 Å². The minimum absolute atomic E-state index is 0.434. The lowest BCUT2D eigenvalue weighted by Gasteiger charge is -2.12. The first-order valence-corrected chi connectivity index (χ1v) is 8.67. The lowest BCUT2D eigenvalue weighted by atomic mass is 10.2. The quantitative estimate of drug-likeness (QED) is 0.862. The maximum atomic E-state index is 6.11. The predicted octanol–water partition coefficient (Wildman–Crippen LogP) is 3.91. The first-order chi connectivity index (χ1) is 9.95. The average molecular weight is 343 g/mol. The fraction of sp³-hybridized carbons (Fsp3) is 0.429. The van der Waals surface area contributed by atoms with E-state index in [0.717, 1.165) is 25.9 Å². The van der Waals surface area contributed by atoms with Gasteiger partial charge in [-0.3, -0.25) is 0 Å². The summed E-state index contributed by atoms with van der Waals surface area (Å²) in [6.45, 7) is 5.05. The highest BCUT2D eigenvalue weighted by Crippen LogP contribution is 2.35. The Morgan fingerprint density at radius 1 is 1.33 bits per heavy atom. The zero-order valence-electron chi connectivity index (χ0n) is 12.6. The molecule has 0 fully saturated rings. The molecule has 2 aromatic rings. The molecule has 1 heterocycles. The molecule has 7 heteroatoms. The standard InChI is InChI=1S/C14H19ClN4S2/c1-9(2)16-8-10-7-11(15)5-6-12(10)20-14-18-17-13(21-14)19(3)4/h5-7,9,16H,8H2,1-4H3. The monoisotopic (exact) mass is 342 g/mol. The van der Waals surface area contributed by atoms with Crippen molar-refractivity contribution in [1.82, 2.24) is 15.5 Å². The van der Waals surface area contributed by atoms with Crippen molar-refractivity contribution < 1.29 is 0 Å². The molecular weight excluding hydrogens is 324 g/mol. The highest BCUT2D eigenvalue weighted by molar-refractivity contribution is 8.01. The van der Waals surface area contributed by atoms with Gasteiger partial charge in [-0.25, -0.2) is 0 Å². The lowest BCUT2D eigenvalue weighted by Crippen LogP contribution is -2.22. The van der Waals surface area contributed by atoms with E-state index >= 15 is 0 Å². The van der Waals surface area contributed by atoms with E-state index in [4.69, 9.17) is 11.6 Å². The number of rotatable bonds is 6. The topological polar surface area (TPSA) is 41.1 Å². The van der Waals surface area contributed by atoms with Crippen molar-refractivity contribution in [1.29, 1.82) is 0 Å². The van der Waals surface area contributed by atoms with Crippen LogP contribution in [0.3, 0.4) is 0 Å². The Bertz CT molecular complexity index is 598. The Morgan fingerprint density at radius 2 is 2.10 bits per heavy atom. The van der Waals surface area contributed by atoms with Gasteiger partial charge >= 0.3 is 0 Å². The van der Waals surface area contributed by atoms with Crippen LogP contribution in [0.1, 0.15) is 19.4 Å². The first kappa shape index (κ1) is 16.5. The van der Waals surface area contributed by atoms with Gasteiger partial charge in [0, 0.05) is 36.6 Å². The Balaban J connectivity index is 2.17. The first-order valence-electron chi connectivity index (χ1n) is 6.66. The Hall–Kier alpha value is -0.820. The average Bonchev–Trinajstić information content (AvgIpc) is 2.87. The third-order valence-electron chi connectivity index (χ3n) is 2.70. The molecule has 0 bridgehead atoms. The van der Waals surface area contributed by atoms with Crippen LogP contribution in [0.5, 0.6) is 0 Å². The number of nitrogens with zero attached hydrogens (tertiary/aromatic N) is 3. The molecule has 2 rings (SSSR count). The predicted molar refractivity (Wildman–Crippen MR) is 91.8 cm³/mol. The van der Waals surface area contributed by atoms with Gasteiger partial charge in [-0.15, -0.1) is 10.2 Å². The molecule has 0 radical (unpaired) electrons. The SMILES string of the molecule is CC(C)NCc1cc(Cl)ccc1Sc1nnc(N(C)C)s1. The summed E-state index contributed by atoms with van der Waals surface area (Å²) in [4.78, 5) is 3.12. The largest absolute Gasteiger partial charge is 0.353 e. The number of hydrogen-bond donors (Lipinski definition) is 1. The number of benzene rings is 1. The smallest absolute Gasteiger partial charge is 0.208 e. The second-order valence-electron chi connectivity index (χ2n) is 5.13.